The third-order valence-corrected chi connectivity index (χ3v) is 8.32. The molecule has 1 fully saturated rings. The summed E-state index contributed by atoms with van der Waals surface area (Å²) in [5.41, 5.74) is 6.75. The Morgan fingerprint density at radius 2 is 1.80 bits per heavy atom. The fourth-order valence-corrected chi connectivity index (χ4v) is 6.31. The Morgan fingerprint density at radius 3 is 2.35 bits per heavy atom. The van der Waals surface area contributed by atoms with Gasteiger partial charge >= 0.3 is 43.8 Å². The molecule has 3 N–H and O–H groups in total. The summed E-state index contributed by atoms with van der Waals surface area (Å²) in [6.07, 6.45) is -2.41. The van der Waals surface area contributed by atoms with Crippen LogP contribution in [0.5, 0.6) is 0 Å². The second kappa shape index (κ2) is 15.8. The number of benzene rings is 2. The largest absolute Gasteiger partial charge is 2.00 e. The number of nitrogens with one attached hydrogen (secondary N) is 1. The van der Waals surface area contributed by atoms with Crippen LogP contribution >= 0.6 is 7.82 Å². The van der Waals surface area contributed by atoms with Gasteiger partial charge in [-0.25, -0.2) is 13.2 Å². The molecule has 0 spiro atoms. The van der Waals surface area contributed by atoms with Crippen LogP contribution in [0.1, 0.15) is 25.8 Å². The van der Waals surface area contributed by atoms with E-state index in [1.54, 1.807) is 44.2 Å². The second-order valence-corrected chi connectivity index (χ2v) is 12.8. The molecule has 0 bridgehead atoms. The number of nitrogen functional groups attached to an aromatic ring is 1. The van der Waals surface area contributed by atoms with E-state index in [9.17, 15) is 27.6 Å². The van der Waals surface area contributed by atoms with Crippen molar-refractivity contribution in [3.8, 4) is 0 Å². The fourth-order valence-electron chi connectivity index (χ4n) is 4.15. The van der Waals surface area contributed by atoms with Gasteiger partial charge in [0.2, 0.25) is 10.0 Å². The SMILES string of the molecule is CC(C)CN(C[C@@H](OP(=O)([O-])[O-])C(Cc1ccccc1)NC(=O)OC1CCOC1)S(=O)(=O)c1ccc(N)cc1.[Ca+2]. The molecule has 3 rings (SSSR count). The Hall–Kier alpha value is -1.25. The van der Waals surface area contributed by atoms with Gasteiger partial charge in [-0.15, -0.1) is 0 Å². The number of anilines is 1. The number of ether oxygens (including phenoxy) is 2. The summed E-state index contributed by atoms with van der Waals surface area (Å²) >= 11 is 0. The van der Waals surface area contributed by atoms with Gasteiger partial charge in [0.05, 0.1) is 38.1 Å². The Bertz CT molecular complexity index is 1220. The molecule has 40 heavy (non-hydrogen) atoms. The summed E-state index contributed by atoms with van der Waals surface area (Å²) < 4.78 is 55.6. The molecule has 2 unspecified atom stereocenters. The number of nitrogens with two attached hydrogens (primary N) is 1. The van der Waals surface area contributed by atoms with Crippen molar-refractivity contribution in [3.05, 3.63) is 60.2 Å². The third kappa shape index (κ3) is 11.2. The van der Waals surface area contributed by atoms with Gasteiger partial charge in [-0.1, -0.05) is 44.2 Å². The average Bonchev–Trinajstić information content (AvgIpc) is 3.35. The number of phosphoric acid groups is 1. The molecule has 1 saturated heterocycles. The van der Waals surface area contributed by atoms with Crippen LogP contribution in [-0.4, -0.2) is 101 Å². The summed E-state index contributed by atoms with van der Waals surface area (Å²) in [6.45, 7) is 3.66. The van der Waals surface area contributed by atoms with E-state index in [2.05, 4.69) is 5.32 Å². The first-order chi connectivity index (χ1) is 18.3. The number of nitrogens with zero attached hydrogens (tertiary/aromatic N) is 1. The summed E-state index contributed by atoms with van der Waals surface area (Å²) in [4.78, 5) is 36.4. The van der Waals surface area contributed by atoms with Crippen LogP contribution in [0.15, 0.2) is 59.5 Å². The Balaban J connectivity index is 0.00000560. The van der Waals surface area contributed by atoms with E-state index in [4.69, 9.17) is 19.7 Å². The zero-order valence-corrected chi connectivity index (χ0v) is 26.4. The Labute approximate surface area is 264 Å². The zero-order valence-electron chi connectivity index (χ0n) is 22.5. The van der Waals surface area contributed by atoms with Crippen molar-refractivity contribution in [3.63, 3.8) is 0 Å². The molecule has 1 aliphatic rings. The Morgan fingerprint density at radius 1 is 1.15 bits per heavy atom. The molecule has 0 aromatic heterocycles. The molecule has 0 saturated carbocycles. The molecule has 1 heterocycles. The van der Waals surface area contributed by atoms with Gasteiger partial charge in [0.15, 0.2) is 0 Å². The van der Waals surface area contributed by atoms with Crippen LogP contribution in [-0.2, 0) is 35.0 Å². The molecule has 0 radical (unpaired) electrons. The molecule has 3 atom stereocenters. The molecular weight excluding hydrogens is 589 g/mol. The van der Waals surface area contributed by atoms with Crippen molar-refractivity contribution in [2.75, 3.05) is 32.0 Å². The minimum atomic E-state index is -5.62. The van der Waals surface area contributed by atoms with Crippen LogP contribution in [0.25, 0.3) is 0 Å². The van der Waals surface area contributed by atoms with Crippen LogP contribution in [0, 0.1) is 5.92 Å². The maximum atomic E-state index is 13.6. The van der Waals surface area contributed by atoms with E-state index in [0.717, 1.165) is 4.31 Å². The maximum absolute atomic E-state index is 13.6. The first-order valence-corrected chi connectivity index (χ1v) is 15.4. The summed E-state index contributed by atoms with van der Waals surface area (Å²) in [7, 11) is -9.80. The van der Waals surface area contributed by atoms with Gasteiger partial charge in [-0.2, -0.15) is 4.31 Å². The van der Waals surface area contributed by atoms with Crippen molar-refractivity contribution in [2.45, 2.75) is 49.8 Å². The van der Waals surface area contributed by atoms with E-state index in [-0.39, 0.29) is 68.1 Å². The van der Waals surface area contributed by atoms with Gasteiger partial charge in [0, 0.05) is 25.2 Å². The first-order valence-electron chi connectivity index (χ1n) is 12.5. The minimum Gasteiger partial charge on any atom is -0.790 e. The first kappa shape index (κ1) is 34.9. The molecule has 15 heteroatoms. The topological polar surface area (TPSA) is 183 Å². The van der Waals surface area contributed by atoms with Gasteiger partial charge in [0.25, 0.3) is 0 Å². The molecular formula is C25H34CaN3O9PS. The summed E-state index contributed by atoms with van der Waals surface area (Å²) in [5.74, 6) is -0.173. The number of carbonyl (C=O) groups is 1. The monoisotopic (exact) mass is 623 g/mol. The third-order valence-electron chi connectivity index (χ3n) is 5.95. The number of hydrogen-bond acceptors (Lipinski definition) is 10. The van der Waals surface area contributed by atoms with E-state index in [0.29, 0.717) is 24.3 Å². The second-order valence-electron chi connectivity index (χ2n) is 9.71. The number of hydrogen-bond donors (Lipinski definition) is 2. The summed E-state index contributed by atoms with van der Waals surface area (Å²) in [5, 5.41) is 2.59. The maximum Gasteiger partial charge on any atom is 2.00 e. The number of alkyl carbamates (subject to hydrolysis) is 1. The van der Waals surface area contributed by atoms with E-state index >= 15 is 0 Å². The van der Waals surface area contributed by atoms with E-state index < -0.39 is 48.7 Å². The van der Waals surface area contributed by atoms with Crippen molar-refractivity contribution < 1.29 is 41.6 Å². The van der Waals surface area contributed by atoms with Crippen LogP contribution in [0.3, 0.4) is 0 Å². The van der Waals surface area contributed by atoms with E-state index in [1.807, 2.05) is 0 Å². The molecule has 216 valence electrons. The van der Waals surface area contributed by atoms with Crippen LogP contribution < -0.4 is 20.8 Å². The van der Waals surface area contributed by atoms with Gasteiger partial charge in [-0.3, -0.25) is 0 Å². The minimum absolute atomic E-state index is 0. The zero-order chi connectivity index (χ0) is 28.6. The number of sulfonamides is 1. The number of rotatable bonds is 13. The quantitative estimate of drug-likeness (QED) is 0.184. The van der Waals surface area contributed by atoms with Gasteiger partial charge in [-0.05, 0) is 42.2 Å². The smallest absolute Gasteiger partial charge is 0.790 e. The van der Waals surface area contributed by atoms with Crippen LogP contribution in [0.2, 0.25) is 0 Å². The van der Waals surface area contributed by atoms with Gasteiger partial charge < -0.3 is 39.4 Å². The number of carbonyl (C=O) groups excluding carboxylic acids is 1. The molecule has 1 amide bonds. The van der Waals surface area contributed by atoms with Crippen molar-refractivity contribution in [2.24, 2.45) is 5.92 Å². The van der Waals surface area contributed by atoms with Crippen molar-refractivity contribution >= 4 is 67.4 Å². The Kier molecular flexibility index (Phi) is 13.8. The van der Waals surface area contributed by atoms with Gasteiger partial charge in [0.1, 0.15) is 6.10 Å². The number of phosphoric ester groups is 1. The standard InChI is InChI=1S/C25H36N3O9PS.Ca/c1-18(2)15-28(39(33,34)22-10-8-20(26)9-11-22)16-24(37-38(30,31)32)23(14-19-6-4-3-5-7-19)27-25(29)36-21-12-13-35-17-21;/h3-11,18,21,23-24H,12-17,26H2,1-2H3,(H,27,29)(H2,30,31,32);/q;+2/p-2/t21?,23?,24-;/m1./s1. The predicted octanol–water partition coefficient (Wildman–Crippen LogP) is 0.875. The molecule has 2 aromatic carbocycles. The average molecular weight is 624 g/mol. The molecule has 12 nitrogen and oxygen atoms in total. The summed E-state index contributed by atoms with van der Waals surface area (Å²) in [6, 6.07) is 13.1. The predicted molar refractivity (Wildman–Crippen MR) is 145 cm³/mol. The van der Waals surface area contributed by atoms with Crippen molar-refractivity contribution in [1.29, 1.82) is 0 Å². The molecule has 1 aliphatic heterocycles. The van der Waals surface area contributed by atoms with E-state index in [1.165, 1.54) is 24.3 Å². The fraction of sp³-hybridized carbons (Fsp3) is 0.480. The molecule has 0 aliphatic carbocycles. The molecule has 2 aromatic rings. The van der Waals surface area contributed by atoms with Crippen molar-refractivity contribution in [1.82, 2.24) is 9.62 Å². The normalized spacial score (nSPS) is 17.3. The number of amides is 1. The van der Waals surface area contributed by atoms with Crippen LogP contribution in [0.4, 0.5) is 10.5 Å².